The lowest BCUT2D eigenvalue weighted by Crippen LogP contribution is -2.27. The molecule has 1 saturated heterocycles. The maximum atomic E-state index is 12.9. The first-order valence-corrected chi connectivity index (χ1v) is 11.7. The highest BCUT2D eigenvalue weighted by Crippen LogP contribution is 2.35. The number of hydrogen-bond acceptors (Lipinski definition) is 6. The Bertz CT molecular complexity index is 1170. The summed E-state index contributed by atoms with van der Waals surface area (Å²) in [4.78, 5) is 15.0. The fourth-order valence-corrected chi connectivity index (χ4v) is 4.59. The van der Waals surface area contributed by atoms with E-state index >= 15 is 0 Å². The van der Waals surface area contributed by atoms with Gasteiger partial charge >= 0.3 is 0 Å². The van der Waals surface area contributed by atoms with Gasteiger partial charge in [0.15, 0.2) is 0 Å². The van der Waals surface area contributed by atoms with Crippen molar-refractivity contribution in [3.8, 4) is 11.5 Å². The molecule has 0 N–H and O–H groups in total. The third kappa shape index (κ3) is 5.74. The summed E-state index contributed by atoms with van der Waals surface area (Å²) in [7, 11) is 0. The average Bonchev–Trinajstić information content (AvgIpc) is 3.43. The molecule has 0 bridgehead atoms. The van der Waals surface area contributed by atoms with Gasteiger partial charge in [0.05, 0.1) is 17.7 Å². The molecular weight excluding hydrogens is 454 g/mol. The fourth-order valence-electron chi connectivity index (χ4n) is 3.34. The number of thiocarbonyl (C=S) groups is 1. The second-order valence-electron chi connectivity index (χ2n) is 7.18. The Balaban J connectivity index is 1.39. The van der Waals surface area contributed by atoms with Crippen molar-refractivity contribution in [1.29, 1.82) is 0 Å². The van der Waals surface area contributed by atoms with E-state index in [-0.39, 0.29) is 5.91 Å². The van der Waals surface area contributed by atoms with Crippen molar-refractivity contribution in [2.75, 3.05) is 13.2 Å². The van der Waals surface area contributed by atoms with Crippen LogP contribution in [0.1, 0.15) is 16.9 Å². The van der Waals surface area contributed by atoms with Gasteiger partial charge in [-0.25, -0.2) is 0 Å². The molecule has 0 saturated carbocycles. The number of furan rings is 1. The highest BCUT2D eigenvalue weighted by atomic mass is 32.2. The number of allylic oxidation sites excluding steroid dienone is 1. The van der Waals surface area contributed by atoms with Crippen molar-refractivity contribution in [3.63, 3.8) is 0 Å². The van der Waals surface area contributed by atoms with E-state index in [1.54, 1.807) is 17.2 Å². The number of para-hydroxylation sites is 2. The molecule has 1 aliphatic rings. The van der Waals surface area contributed by atoms with Crippen LogP contribution in [0.25, 0.3) is 6.08 Å². The Kier molecular flexibility index (Phi) is 7.65. The first-order valence-electron chi connectivity index (χ1n) is 10.5. The predicted molar refractivity (Wildman–Crippen MR) is 135 cm³/mol. The average molecular weight is 478 g/mol. The number of amides is 1. The lowest BCUT2D eigenvalue weighted by Gasteiger charge is -2.13. The van der Waals surface area contributed by atoms with Gasteiger partial charge < -0.3 is 13.9 Å². The summed E-state index contributed by atoms with van der Waals surface area (Å²) in [5, 5.41) is 0. The minimum atomic E-state index is -0.140. The van der Waals surface area contributed by atoms with E-state index in [9.17, 15) is 4.79 Å². The highest BCUT2D eigenvalue weighted by Gasteiger charge is 2.32. The topological polar surface area (TPSA) is 51.9 Å². The van der Waals surface area contributed by atoms with Gasteiger partial charge in [0, 0.05) is 5.56 Å². The normalized spacial score (nSPS) is 14.7. The van der Waals surface area contributed by atoms with Gasteiger partial charge in [-0.15, -0.1) is 6.58 Å². The van der Waals surface area contributed by atoms with Crippen LogP contribution in [0.5, 0.6) is 11.5 Å². The molecule has 0 atom stereocenters. The molecule has 3 aromatic rings. The SMILES string of the molecule is C=CCc1ccccc1OCCOc1ccccc1C=C1SC(=S)N(Cc2ccco2)C1=O. The summed E-state index contributed by atoms with van der Waals surface area (Å²) in [6, 6.07) is 19.1. The molecule has 33 heavy (non-hydrogen) atoms. The van der Waals surface area contributed by atoms with Crippen LogP contribution in [0.15, 0.2) is 88.9 Å². The zero-order valence-electron chi connectivity index (χ0n) is 17.9. The zero-order valence-corrected chi connectivity index (χ0v) is 19.6. The smallest absolute Gasteiger partial charge is 0.266 e. The van der Waals surface area contributed by atoms with E-state index in [0.717, 1.165) is 23.3 Å². The highest BCUT2D eigenvalue weighted by molar-refractivity contribution is 8.26. The van der Waals surface area contributed by atoms with E-state index in [0.29, 0.717) is 40.5 Å². The van der Waals surface area contributed by atoms with Gasteiger partial charge in [0.1, 0.15) is 34.8 Å². The third-order valence-corrected chi connectivity index (χ3v) is 6.29. The Morgan fingerprint density at radius 3 is 2.48 bits per heavy atom. The quantitative estimate of drug-likeness (QED) is 0.158. The number of benzene rings is 2. The lowest BCUT2D eigenvalue weighted by molar-refractivity contribution is -0.122. The fraction of sp³-hybridized carbons (Fsp3) is 0.154. The van der Waals surface area contributed by atoms with Crippen molar-refractivity contribution in [3.05, 3.63) is 101 Å². The molecule has 0 aliphatic carbocycles. The van der Waals surface area contributed by atoms with Crippen LogP contribution in [0.4, 0.5) is 0 Å². The Morgan fingerprint density at radius 2 is 1.73 bits per heavy atom. The van der Waals surface area contributed by atoms with E-state index in [1.165, 1.54) is 11.8 Å². The second-order valence-corrected chi connectivity index (χ2v) is 8.86. The van der Waals surface area contributed by atoms with Crippen LogP contribution < -0.4 is 9.47 Å². The van der Waals surface area contributed by atoms with Gasteiger partial charge in [0.2, 0.25) is 0 Å². The van der Waals surface area contributed by atoms with E-state index in [4.69, 9.17) is 26.1 Å². The molecule has 0 unspecified atom stereocenters. The molecule has 1 fully saturated rings. The van der Waals surface area contributed by atoms with Gasteiger partial charge in [-0.3, -0.25) is 9.69 Å². The van der Waals surface area contributed by atoms with Gasteiger partial charge in [-0.05, 0) is 42.3 Å². The summed E-state index contributed by atoms with van der Waals surface area (Å²) in [6.07, 6.45) is 6.00. The third-order valence-electron chi connectivity index (χ3n) is 4.91. The van der Waals surface area contributed by atoms with Crippen molar-refractivity contribution in [1.82, 2.24) is 4.90 Å². The van der Waals surface area contributed by atoms with Gasteiger partial charge in [-0.2, -0.15) is 0 Å². The van der Waals surface area contributed by atoms with Crippen molar-refractivity contribution >= 4 is 40.3 Å². The predicted octanol–water partition coefficient (Wildman–Crippen LogP) is 5.87. The van der Waals surface area contributed by atoms with Crippen LogP contribution in [0.3, 0.4) is 0 Å². The maximum Gasteiger partial charge on any atom is 0.266 e. The number of nitrogens with zero attached hydrogens (tertiary/aromatic N) is 1. The monoisotopic (exact) mass is 477 g/mol. The minimum absolute atomic E-state index is 0.140. The molecule has 168 valence electrons. The summed E-state index contributed by atoms with van der Waals surface area (Å²) in [5.74, 6) is 2.05. The number of hydrogen-bond donors (Lipinski definition) is 0. The molecule has 1 amide bonds. The molecule has 2 aromatic carbocycles. The molecule has 1 aromatic heterocycles. The molecular formula is C26H23NO4S2. The largest absolute Gasteiger partial charge is 0.490 e. The standard InChI is InChI=1S/C26H23NO4S2/c1-2-8-19-9-3-5-12-22(19)30-15-16-31-23-13-6-4-10-20(23)17-24-25(28)27(26(32)33-24)18-21-11-7-14-29-21/h2-7,9-14,17H,1,8,15-16,18H2. The van der Waals surface area contributed by atoms with Gasteiger partial charge in [-0.1, -0.05) is 66.5 Å². The molecule has 5 nitrogen and oxygen atoms in total. The summed E-state index contributed by atoms with van der Waals surface area (Å²) < 4.78 is 17.7. The Labute approximate surface area is 202 Å². The van der Waals surface area contributed by atoms with Crippen LogP contribution in [-0.4, -0.2) is 28.3 Å². The molecule has 4 rings (SSSR count). The molecule has 0 radical (unpaired) electrons. The van der Waals surface area contributed by atoms with Gasteiger partial charge in [0.25, 0.3) is 5.91 Å². The number of ether oxygens (including phenoxy) is 2. The first kappa shape index (κ1) is 22.9. The summed E-state index contributed by atoms with van der Waals surface area (Å²) >= 11 is 6.69. The van der Waals surface area contributed by atoms with Crippen LogP contribution in [-0.2, 0) is 17.8 Å². The Morgan fingerprint density at radius 1 is 1.00 bits per heavy atom. The minimum Gasteiger partial charge on any atom is -0.490 e. The van der Waals surface area contributed by atoms with Crippen LogP contribution in [0.2, 0.25) is 0 Å². The number of rotatable bonds is 10. The Hall–Kier alpha value is -3.29. The van der Waals surface area contributed by atoms with E-state index < -0.39 is 0 Å². The van der Waals surface area contributed by atoms with Crippen molar-refractivity contribution < 1.29 is 18.7 Å². The number of carbonyl (C=O) groups is 1. The lowest BCUT2D eigenvalue weighted by atomic mass is 10.1. The maximum absolute atomic E-state index is 12.9. The first-order chi connectivity index (χ1) is 16.2. The zero-order chi connectivity index (χ0) is 23.0. The number of carbonyl (C=O) groups excluding carboxylic acids is 1. The van der Waals surface area contributed by atoms with Crippen LogP contribution >= 0.6 is 24.0 Å². The second kappa shape index (κ2) is 11.0. The number of thioether (sulfide) groups is 1. The summed E-state index contributed by atoms with van der Waals surface area (Å²) in [5.41, 5.74) is 1.90. The van der Waals surface area contributed by atoms with Crippen molar-refractivity contribution in [2.45, 2.75) is 13.0 Å². The molecule has 1 aliphatic heterocycles. The van der Waals surface area contributed by atoms with E-state index in [2.05, 4.69) is 6.58 Å². The van der Waals surface area contributed by atoms with Crippen molar-refractivity contribution in [2.24, 2.45) is 0 Å². The molecule has 7 heteroatoms. The molecule has 2 heterocycles. The van der Waals surface area contributed by atoms with E-state index in [1.807, 2.05) is 66.7 Å². The molecule has 0 spiro atoms. The van der Waals surface area contributed by atoms with Crippen LogP contribution in [0, 0.1) is 0 Å². The summed E-state index contributed by atoms with van der Waals surface area (Å²) in [6.45, 7) is 4.87.